The molecule has 4 aliphatic rings. The van der Waals surface area contributed by atoms with Crippen LogP contribution in [0.15, 0.2) is 79.4 Å². The summed E-state index contributed by atoms with van der Waals surface area (Å²) in [5.74, 6) is -1.02. The van der Waals surface area contributed by atoms with Crippen LogP contribution in [0.2, 0.25) is 0 Å². The van der Waals surface area contributed by atoms with E-state index in [1.54, 1.807) is 18.1 Å². The molecule has 4 unspecified atom stereocenters. The van der Waals surface area contributed by atoms with Gasteiger partial charge in [0.1, 0.15) is 5.75 Å². The Bertz CT molecular complexity index is 1450. The highest BCUT2D eigenvalue weighted by Crippen LogP contribution is 2.69. The van der Waals surface area contributed by atoms with Crippen molar-refractivity contribution in [2.45, 2.75) is 24.2 Å². The Kier molecular flexibility index (Phi) is 5.19. The van der Waals surface area contributed by atoms with E-state index in [1.807, 2.05) is 48.5 Å². The molecule has 3 aromatic carbocycles. The van der Waals surface area contributed by atoms with Crippen LogP contribution in [0.5, 0.6) is 5.75 Å². The predicted molar refractivity (Wildman–Crippen MR) is 142 cm³/mol. The van der Waals surface area contributed by atoms with Crippen molar-refractivity contribution in [1.82, 2.24) is 4.90 Å². The molecular formula is C31H30N2O4. The Morgan fingerprint density at radius 2 is 1.84 bits per heavy atom. The number of nitrogen functional groups attached to an aromatic ring is 1. The number of carboxylic acid groups (broad SMARTS) is 1. The van der Waals surface area contributed by atoms with E-state index in [-0.39, 0.29) is 24.3 Å². The molecule has 7 rings (SSSR count). The number of benzene rings is 3. The van der Waals surface area contributed by atoms with Gasteiger partial charge in [-0.3, -0.25) is 9.59 Å². The summed E-state index contributed by atoms with van der Waals surface area (Å²) in [6.45, 7) is 4.58. The Morgan fingerprint density at radius 3 is 2.59 bits per heavy atom. The van der Waals surface area contributed by atoms with Gasteiger partial charge in [0.05, 0.1) is 12.5 Å². The first-order valence-corrected chi connectivity index (χ1v) is 12.6. The van der Waals surface area contributed by atoms with Crippen molar-refractivity contribution < 1.29 is 19.4 Å². The van der Waals surface area contributed by atoms with Crippen molar-refractivity contribution in [3.05, 3.63) is 102 Å². The number of nitrogens with zero attached hydrogens (tertiary/aromatic N) is 1. The molecule has 1 heterocycles. The summed E-state index contributed by atoms with van der Waals surface area (Å²) in [6.07, 6.45) is 1.55. The van der Waals surface area contributed by atoms with Crippen LogP contribution in [0.4, 0.5) is 5.69 Å². The van der Waals surface area contributed by atoms with Gasteiger partial charge in [-0.15, -0.1) is 0 Å². The molecule has 0 aromatic heterocycles. The zero-order chi connectivity index (χ0) is 25.9. The largest absolute Gasteiger partial charge is 0.496 e. The molecule has 3 aliphatic carbocycles. The molecule has 2 fully saturated rings. The first-order chi connectivity index (χ1) is 17.8. The van der Waals surface area contributed by atoms with Gasteiger partial charge in [-0.05, 0) is 47.7 Å². The van der Waals surface area contributed by atoms with Gasteiger partial charge in [0.15, 0.2) is 0 Å². The minimum Gasteiger partial charge on any atom is -0.496 e. The number of likely N-dealkylation sites (tertiary alicyclic amines) is 1. The van der Waals surface area contributed by atoms with E-state index < -0.39 is 16.8 Å². The van der Waals surface area contributed by atoms with Gasteiger partial charge in [-0.1, -0.05) is 61.2 Å². The van der Waals surface area contributed by atoms with Gasteiger partial charge in [-0.25, -0.2) is 0 Å². The second-order valence-electron chi connectivity index (χ2n) is 10.5. The highest BCUT2D eigenvalue weighted by molar-refractivity contribution is 6.19. The minimum atomic E-state index is -1.10. The SMILES string of the molecule is C=C(C(=O)N1CC2C3(c4cccc(N)c4)CCC(c4ccccc43)C2(C(=O)O)C1)c1ccccc1OC. The standard InChI is InChI=1S/C31H30N2O4/c1-19(22-10-4-6-13-26(22)37-2)28(34)33-17-27-30(20-8-7-9-21(32)16-20)15-14-25(31(27,18-33)29(35)36)23-11-3-5-12-24(23)30/h3-13,16,25,27H,1,14-15,17-18,32H2,2H3,(H,35,36). The zero-order valence-corrected chi connectivity index (χ0v) is 20.8. The molecule has 6 nitrogen and oxygen atoms in total. The first kappa shape index (κ1) is 23.3. The quantitative estimate of drug-likeness (QED) is 0.396. The molecule has 1 saturated heterocycles. The fraction of sp³-hybridized carbons (Fsp3) is 0.290. The lowest BCUT2D eigenvalue weighted by molar-refractivity contribution is -0.157. The number of rotatable bonds is 5. The molecule has 1 amide bonds. The monoisotopic (exact) mass is 494 g/mol. The smallest absolute Gasteiger partial charge is 0.312 e. The summed E-state index contributed by atoms with van der Waals surface area (Å²) in [6, 6.07) is 23.3. The van der Waals surface area contributed by atoms with Crippen molar-refractivity contribution in [3.8, 4) is 5.75 Å². The summed E-state index contributed by atoms with van der Waals surface area (Å²) >= 11 is 0. The van der Waals surface area contributed by atoms with Gasteiger partial charge in [0.2, 0.25) is 0 Å². The Morgan fingerprint density at radius 1 is 1.08 bits per heavy atom. The van der Waals surface area contributed by atoms with Gasteiger partial charge in [0.25, 0.3) is 5.91 Å². The van der Waals surface area contributed by atoms with Crippen LogP contribution in [0.25, 0.3) is 5.57 Å². The molecular weight excluding hydrogens is 464 g/mol. The van der Waals surface area contributed by atoms with E-state index >= 15 is 0 Å². The molecule has 2 bridgehead atoms. The summed E-state index contributed by atoms with van der Waals surface area (Å²) < 4.78 is 5.47. The molecule has 4 atom stereocenters. The number of aliphatic carboxylic acids is 1. The summed E-state index contributed by atoms with van der Waals surface area (Å²) in [4.78, 5) is 28.9. The number of carbonyl (C=O) groups is 2. The number of amides is 1. The van der Waals surface area contributed by atoms with Crippen molar-refractivity contribution in [3.63, 3.8) is 0 Å². The van der Waals surface area contributed by atoms with E-state index in [1.165, 1.54) is 0 Å². The van der Waals surface area contributed by atoms with Crippen LogP contribution in [-0.2, 0) is 15.0 Å². The molecule has 1 saturated carbocycles. The number of fused-ring (bicyclic) bond motifs is 1. The maximum atomic E-state index is 13.9. The predicted octanol–water partition coefficient (Wildman–Crippen LogP) is 4.70. The van der Waals surface area contributed by atoms with Crippen LogP contribution in [0, 0.1) is 11.3 Å². The van der Waals surface area contributed by atoms with E-state index in [0.717, 1.165) is 29.5 Å². The number of hydrogen-bond acceptors (Lipinski definition) is 4. The molecule has 6 heteroatoms. The lowest BCUT2D eigenvalue weighted by Crippen LogP contribution is -2.60. The van der Waals surface area contributed by atoms with Crippen LogP contribution in [0.1, 0.15) is 41.0 Å². The lowest BCUT2D eigenvalue weighted by atomic mass is 9.42. The average molecular weight is 495 g/mol. The number of anilines is 1. The van der Waals surface area contributed by atoms with Gasteiger partial charge in [-0.2, -0.15) is 0 Å². The number of ether oxygens (including phenoxy) is 1. The number of carboxylic acids is 1. The van der Waals surface area contributed by atoms with Crippen molar-refractivity contribution in [2.24, 2.45) is 11.3 Å². The summed E-state index contributed by atoms with van der Waals surface area (Å²) in [5.41, 5.74) is 9.41. The number of carbonyl (C=O) groups excluding carboxylic acids is 1. The van der Waals surface area contributed by atoms with Crippen molar-refractivity contribution >= 4 is 23.1 Å². The van der Waals surface area contributed by atoms with Crippen molar-refractivity contribution in [1.29, 1.82) is 0 Å². The maximum Gasteiger partial charge on any atom is 0.312 e. The van der Waals surface area contributed by atoms with E-state index in [2.05, 4.69) is 24.8 Å². The third kappa shape index (κ3) is 3.05. The second kappa shape index (κ2) is 8.23. The molecule has 0 radical (unpaired) electrons. The van der Waals surface area contributed by atoms with Crippen LogP contribution >= 0.6 is 0 Å². The highest BCUT2D eigenvalue weighted by Gasteiger charge is 2.70. The topological polar surface area (TPSA) is 92.9 Å². The molecule has 1 aliphatic heterocycles. The van der Waals surface area contributed by atoms with E-state index in [4.69, 9.17) is 10.5 Å². The van der Waals surface area contributed by atoms with Crippen LogP contribution in [0.3, 0.4) is 0 Å². The number of methoxy groups -OCH3 is 1. The number of nitrogens with two attached hydrogens (primary N) is 1. The van der Waals surface area contributed by atoms with Crippen LogP contribution in [-0.4, -0.2) is 42.1 Å². The average Bonchev–Trinajstić information content (AvgIpc) is 3.36. The molecule has 3 N–H and O–H groups in total. The third-order valence-corrected chi connectivity index (χ3v) is 9.12. The second-order valence-corrected chi connectivity index (χ2v) is 10.5. The Labute approximate surface area is 216 Å². The van der Waals surface area contributed by atoms with Gasteiger partial charge < -0.3 is 20.5 Å². The van der Waals surface area contributed by atoms with E-state index in [9.17, 15) is 14.7 Å². The molecule has 0 spiro atoms. The van der Waals surface area contributed by atoms with E-state index in [0.29, 0.717) is 29.1 Å². The van der Waals surface area contributed by atoms with Crippen molar-refractivity contribution in [2.75, 3.05) is 25.9 Å². The fourth-order valence-corrected chi connectivity index (χ4v) is 7.63. The summed E-state index contributed by atoms with van der Waals surface area (Å²) in [7, 11) is 1.56. The van der Waals surface area contributed by atoms with Gasteiger partial charge >= 0.3 is 5.97 Å². The summed E-state index contributed by atoms with van der Waals surface area (Å²) in [5, 5.41) is 10.9. The third-order valence-electron chi connectivity index (χ3n) is 9.12. The highest BCUT2D eigenvalue weighted by atomic mass is 16.5. The normalized spacial score (nSPS) is 27.3. The molecule has 3 aromatic rings. The fourth-order valence-electron chi connectivity index (χ4n) is 7.63. The lowest BCUT2D eigenvalue weighted by Gasteiger charge is -2.59. The minimum absolute atomic E-state index is 0.142. The molecule has 188 valence electrons. The van der Waals surface area contributed by atoms with Crippen LogP contribution < -0.4 is 10.5 Å². The first-order valence-electron chi connectivity index (χ1n) is 12.6. The number of para-hydroxylation sites is 1. The Balaban J connectivity index is 1.50. The van der Waals surface area contributed by atoms with Gasteiger partial charge in [0, 0.05) is 47.2 Å². The maximum absolute atomic E-state index is 13.9. The zero-order valence-electron chi connectivity index (χ0n) is 20.8. The Hall–Kier alpha value is -4.06. The number of hydrogen-bond donors (Lipinski definition) is 2. The molecule has 37 heavy (non-hydrogen) atoms.